The lowest BCUT2D eigenvalue weighted by Crippen LogP contribution is -2.47. The van der Waals surface area contributed by atoms with E-state index >= 15 is 0 Å². The van der Waals surface area contributed by atoms with Crippen LogP contribution in [-0.2, 0) is 0 Å². The van der Waals surface area contributed by atoms with Crippen LogP contribution in [0.3, 0.4) is 0 Å². The molecule has 5 heteroatoms. The maximum atomic E-state index is 13.2. The highest BCUT2D eigenvalue weighted by Crippen LogP contribution is 2.44. The molecule has 28 heavy (non-hydrogen) atoms. The van der Waals surface area contributed by atoms with E-state index in [1.54, 1.807) is 11.9 Å². The number of carbonyl (C=O) groups excluding carboxylic acids is 2. The topological polar surface area (TPSA) is 52.7 Å². The number of urea groups is 2. The van der Waals surface area contributed by atoms with Gasteiger partial charge in [-0.25, -0.2) is 14.5 Å². The standard InChI is InChI=1S/C23H27N3O2/c1-25-20(17-11-5-2-6-12-17)21(18-13-7-3-8-14-18)26(23(25)28)22(27)24-19-15-9-4-10-16-19/h2-3,5-8,11-14,19-21H,4,9-10,15-16H2,1H3,(H,24,27)/t20-,21-/m1/s1. The van der Waals surface area contributed by atoms with Gasteiger partial charge in [-0.05, 0) is 24.0 Å². The Hall–Kier alpha value is -2.82. The van der Waals surface area contributed by atoms with Crippen molar-refractivity contribution in [1.82, 2.24) is 15.1 Å². The molecular formula is C23H27N3O2. The van der Waals surface area contributed by atoms with Crippen LogP contribution < -0.4 is 5.32 Å². The summed E-state index contributed by atoms with van der Waals surface area (Å²) in [5.74, 6) is 0. The molecule has 1 N–H and O–H groups in total. The first-order valence-corrected chi connectivity index (χ1v) is 10.1. The molecule has 0 aromatic heterocycles. The Balaban J connectivity index is 1.69. The minimum absolute atomic E-state index is 0.159. The molecule has 4 rings (SSSR count). The highest BCUT2D eigenvalue weighted by Gasteiger charge is 2.48. The van der Waals surface area contributed by atoms with E-state index in [0.29, 0.717) is 0 Å². The molecule has 0 radical (unpaired) electrons. The zero-order chi connectivity index (χ0) is 19.5. The second-order valence-corrected chi connectivity index (χ2v) is 7.76. The molecule has 2 aromatic rings. The summed E-state index contributed by atoms with van der Waals surface area (Å²) in [6.07, 6.45) is 5.46. The molecule has 2 aliphatic rings. The first-order valence-electron chi connectivity index (χ1n) is 10.1. The monoisotopic (exact) mass is 377 g/mol. The fraction of sp³-hybridized carbons (Fsp3) is 0.391. The molecule has 2 fully saturated rings. The molecule has 0 bridgehead atoms. The van der Waals surface area contributed by atoms with Crippen molar-refractivity contribution < 1.29 is 9.59 Å². The summed E-state index contributed by atoms with van der Waals surface area (Å²) in [6.45, 7) is 0. The van der Waals surface area contributed by atoms with Crippen LogP contribution in [0.5, 0.6) is 0 Å². The average molecular weight is 377 g/mol. The summed E-state index contributed by atoms with van der Waals surface area (Å²) in [7, 11) is 1.78. The normalized spacial score (nSPS) is 23.1. The average Bonchev–Trinajstić information content (AvgIpc) is 3.01. The molecule has 0 unspecified atom stereocenters. The number of nitrogens with one attached hydrogen (secondary N) is 1. The molecule has 1 saturated heterocycles. The van der Waals surface area contributed by atoms with Crippen LogP contribution in [0.25, 0.3) is 0 Å². The van der Waals surface area contributed by atoms with Crippen LogP contribution in [0.4, 0.5) is 9.59 Å². The number of amides is 4. The van der Waals surface area contributed by atoms with Crippen LogP contribution in [-0.4, -0.2) is 35.0 Å². The molecule has 2 atom stereocenters. The lowest BCUT2D eigenvalue weighted by molar-refractivity contribution is 0.177. The molecule has 146 valence electrons. The van der Waals surface area contributed by atoms with E-state index in [-0.39, 0.29) is 30.2 Å². The second kappa shape index (κ2) is 8.05. The fourth-order valence-electron chi connectivity index (χ4n) is 4.50. The van der Waals surface area contributed by atoms with Crippen molar-refractivity contribution in [3.8, 4) is 0 Å². The van der Waals surface area contributed by atoms with Gasteiger partial charge >= 0.3 is 12.1 Å². The van der Waals surface area contributed by atoms with E-state index < -0.39 is 0 Å². The molecule has 1 aliphatic heterocycles. The van der Waals surface area contributed by atoms with Crippen LogP contribution in [0.2, 0.25) is 0 Å². The Bertz CT molecular complexity index is 818. The number of nitrogens with zero attached hydrogens (tertiary/aromatic N) is 2. The lowest BCUT2D eigenvalue weighted by atomic mass is 9.93. The molecule has 1 saturated carbocycles. The Morgan fingerprint density at radius 1 is 0.857 bits per heavy atom. The molecule has 1 heterocycles. The molecule has 0 spiro atoms. The third-order valence-corrected chi connectivity index (χ3v) is 5.94. The fourth-order valence-corrected chi connectivity index (χ4v) is 4.50. The number of benzene rings is 2. The van der Waals surface area contributed by atoms with Gasteiger partial charge in [0, 0.05) is 13.1 Å². The van der Waals surface area contributed by atoms with Crippen molar-refractivity contribution in [2.75, 3.05) is 7.05 Å². The van der Waals surface area contributed by atoms with Crippen molar-refractivity contribution in [3.63, 3.8) is 0 Å². The molecule has 2 aromatic carbocycles. The Kier molecular flexibility index (Phi) is 5.33. The van der Waals surface area contributed by atoms with Crippen molar-refractivity contribution in [1.29, 1.82) is 0 Å². The van der Waals surface area contributed by atoms with Crippen LogP contribution in [0, 0.1) is 0 Å². The van der Waals surface area contributed by atoms with Crippen LogP contribution in [0.15, 0.2) is 60.7 Å². The van der Waals surface area contributed by atoms with E-state index in [4.69, 9.17) is 0 Å². The SMILES string of the molecule is CN1C(=O)N(C(=O)NC2CCCCC2)[C@H](c2ccccc2)[C@H]1c1ccccc1. The lowest BCUT2D eigenvalue weighted by Gasteiger charge is -2.29. The van der Waals surface area contributed by atoms with Gasteiger partial charge in [0.15, 0.2) is 0 Å². The number of imide groups is 1. The number of rotatable bonds is 3. The number of hydrogen-bond donors (Lipinski definition) is 1. The summed E-state index contributed by atoms with van der Waals surface area (Å²) in [6, 6.07) is 18.9. The highest BCUT2D eigenvalue weighted by atomic mass is 16.2. The molecule has 4 amide bonds. The zero-order valence-electron chi connectivity index (χ0n) is 16.3. The predicted molar refractivity (Wildman–Crippen MR) is 109 cm³/mol. The summed E-state index contributed by atoms with van der Waals surface area (Å²) >= 11 is 0. The van der Waals surface area contributed by atoms with Crippen molar-refractivity contribution >= 4 is 12.1 Å². The third-order valence-electron chi connectivity index (χ3n) is 5.94. The van der Waals surface area contributed by atoms with Gasteiger partial charge < -0.3 is 10.2 Å². The number of likely N-dealkylation sites (N-methyl/N-ethyl adjacent to an activating group) is 1. The predicted octanol–water partition coefficient (Wildman–Crippen LogP) is 4.88. The van der Waals surface area contributed by atoms with Gasteiger partial charge in [0.2, 0.25) is 0 Å². The summed E-state index contributed by atoms with van der Waals surface area (Å²) in [4.78, 5) is 29.5. The van der Waals surface area contributed by atoms with Gasteiger partial charge in [-0.1, -0.05) is 79.9 Å². The summed E-state index contributed by atoms with van der Waals surface area (Å²) in [5.41, 5.74) is 1.99. The molecular weight excluding hydrogens is 350 g/mol. The highest BCUT2D eigenvalue weighted by molar-refractivity contribution is 5.96. The van der Waals surface area contributed by atoms with Gasteiger partial charge in [0.1, 0.15) is 0 Å². The van der Waals surface area contributed by atoms with E-state index in [2.05, 4.69) is 5.32 Å². The molecule has 5 nitrogen and oxygen atoms in total. The van der Waals surface area contributed by atoms with Gasteiger partial charge in [-0.15, -0.1) is 0 Å². The Morgan fingerprint density at radius 3 is 1.96 bits per heavy atom. The van der Waals surface area contributed by atoms with Gasteiger partial charge in [-0.2, -0.15) is 0 Å². The first-order chi connectivity index (χ1) is 13.7. The number of hydrogen-bond acceptors (Lipinski definition) is 2. The largest absolute Gasteiger partial charge is 0.335 e. The number of carbonyl (C=O) groups is 2. The maximum absolute atomic E-state index is 13.2. The van der Waals surface area contributed by atoms with Gasteiger partial charge in [-0.3, -0.25) is 0 Å². The van der Waals surface area contributed by atoms with Crippen molar-refractivity contribution in [2.24, 2.45) is 0 Å². The van der Waals surface area contributed by atoms with E-state index in [9.17, 15) is 9.59 Å². The second-order valence-electron chi connectivity index (χ2n) is 7.76. The quantitative estimate of drug-likeness (QED) is 0.829. The van der Waals surface area contributed by atoms with E-state index in [1.807, 2.05) is 60.7 Å². The summed E-state index contributed by atoms with van der Waals surface area (Å²) < 4.78 is 0. The van der Waals surface area contributed by atoms with Gasteiger partial charge in [0.25, 0.3) is 0 Å². The maximum Gasteiger partial charge on any atom is 0.329 e. The summed E-state index contributed by atoms with van der Waals surface area (Å²) in [5, 5.41) is 3.12. The molecule has 1 aliphatic carbocycles. The van der Waals surface area contributed by atoms with Crippen molar-refractivity contribution in [2.45, 2.75) is 50.2 Å². The van der Waals surface area contributed by atoms with E-state index in [0.717, 1.165) is 36.8 Å². The van der Waals surface area contributed by atoms with E-state index in [1.165, 1.54) is 11.3 Å². The minimum Gasteiger partial charge on any atom is -0.335 e. The van der Waals surface area contributed by atoms with Gasteiger partial charge in [0.05, 0.1) is 12.1 Å². The Morgan fingerprint density at radius 2 is 1.39 bits per heavy atom. The smallest absolute Gasteiger partial charge is 0.329 e. The minimum atomic E-state index is -0.357. The third kappa shape index (κ3) is 3.49. The Labute approximate surface area is 166 Å². The van der Waals surface area contributed by atoms with Crippen molar-refractivity contribution in [3.05, 3.63) is 71.8 Å². The van der Waals surface area contributed by atoms with Crippen LogP contribution in [0.1, 0.15) is 55.3 Å². The first kappa shape index (κ1) is 18.5. The zero-order valence-corrected chi connectivity index (χ0v) is 16.3. The van der Waals surface area contributed by atoms with Crippen LogP contribution >= 0.6 is 0 Å².